The highest BCUT2D eigenvalue weighted by molar-refractivity contribution is 7.89. The van der Waals surface area contributed by atoms with Crippen LogP contribution in [0.1, 0.15) is 42.3 Å². The lowest BCUT2D eigenvalue weighted by Crippen LogP contribution is -2.25. The molecular formula is C19H24N2O3S. The molecule has 0 aliphatic heterocycles. The van der Waals surface area contributed by atoms with Crippen molar-refractivity contribution in [2.24, 2.45) is 5.14 Å². The zero-order chi connectivity index (χ0) is 18.7. The molecule has 3 N–H and O–H groups in total. The molecule has 0 bridgehead atoms. The molecule has 0 aliphatic carbocycles. The smallest absolute Gasteiger partial charge is 0.251 e. The molecule has 2 rings (SSSR count). The van der Waals surface area contributed by atoms with Crippen molar-refractivity contribution in [1.29, 1.82) is 0 Å². The minimum Gasteiger partial charge on any atom is -0.352 e. The number of benzene rings is 2. The van der Waals surface area contributed by atoms with Gasteiger partial charge in [-0.1, -0.05) is 45.0 Å². The quantitative estimate of drug-likeness (QED) is 0.859. The number of carbonyl (C=O) groups excluding carboxylic acids is 1. The van der Waals surface area contributed by atoms with Crippen molar-refractivity contribution in [3.05, 3.63) is 65.2 Å². The minimum absolute atomic E-state index is 0.0537. The molecule has 0 heterocycles. The van der Waals surface area contributed by atoms with Crippen LogP contribution in [0.4, 0.5) is 0 Å². The van der Waals surface area contributed by atoms with Gasteiger partial charge in [-0.25, -0.2) is 13.6 Å². The van der Waals surface area contributed by atoms with E-state index in [0.717, 1.165) is 5.56 Å². The summed E-state index contributed by atoms with van der Waals surface area (Å²) >= 11 is 0. The van der Waals surface area contributed by atoms with Crippen LogP contribution in [0, 0.1) is 0 Å². The van der Waals surface area contributed by atoms with Crippen molar-refractivity contribution >= 4 is 15.9 Å². The highest BCUT2D eigenvalue weighted by Gasteiger charge is 2.14. The average molecular weight is 360 g/mol. The van der Waals surface area contributed by atoms with Crippen LogP contribution in [0.2, 0.25) is 0 Å². The Kier molecular flexibility index (Phi) is 5.65. The number of amides is 1. The molecule has 0 saturated carbocycles. The van der Waals surface area contributed by atoms with E-state index < -0.39 is 10.0 Å². The highest BCUT2D eigenvalue weighted by atomic mass is 32.2. The van der Waals surface area contributed by atoms with Crippen LogP contribution >= 0.6 is 0 Å². The second kappa shape index (κ2) is 7.37. The van der Waals surface area contributed by atoms with Crippen molar-refractivity contribution in [3.8, 4) is 0 Å². The highest BCUT2D eigenvalue weighted by Crippen LogP contribution is 2.22. The van der Waals surface area contributed by atoms with Crippen LogP contribution in [-0.4, -0.2) is 20.9 Å². The van der Waals surface area contributed by atoms with E-state index in [1.54, 1.807) is 12.1 Å². The third-order valence-electron chi connectivity index (χ3n) is 3.96. The number of nitrogens with two attached hydrogens (primary N) is 1. The molecule has 134 valence electrons. The van der Waals surface area contributed by atoms with Gasteiger partial charge < -0.3 is 5.32 Å². The fourth-order valence-electron chi connectivity index (χ4n) is 2.39. The third-order valence-corrected chi connectivity index (χ3v) is 4.89. The Balaban J connectivity index is 1.90. The lowest BCUT2D eigenvalue weighted by Gasteiger charge is -2.19. The molecule has 0 radical (unpaired) electrons. The fraction of sp³-hybridized carbons (Fsp3) is 0.316. The maximum atomic E-state index is 12.2. The van der Waals surface area contributed by atoms with Gasteiger partial charge in [0.05, 0.1) is 4.90 Å². The summed E-state index contributed by atoms with van der Waals surface area (Å²) in [5, 5.41) is 7.93. The molecule has 0 aromatic heterocycles. The lowest BCUT2D eigenvalue weighted by molar-refractivity contribution is 0.0954. The first-order valence-corrected chi connectivity index (χ1v) is 9.62. The normalized spacial score (nSPS) is 12.0. The number of hydrogen-bond acceptors (Lipinski definition) is 3. The Morgan fingerprint density at radius 2 is 1.56 bits per heavy atom. The Labute approximate surface area is 149 Å². The van der Waals surface area contributed by atoms with Gasteiger partial charge in [-0.3, -0.25) is 4.79 Å². The van der Waals surface area contributed by atoms with Gasteiger partial charge in [0.2, 0.25) is 10.0 Å². The number of rotatable bonds is 5. The van der Waals surface area contributed by atoms with E-state index in [4.69, 9.17) is 5.14 Å². The molecule has 0 saturated heterocycles. The fourth-order valence-corrected chi connectivity index (χ4v) is 2.91. The largest absolute Gasteiger partial charge is 0.352 e. The summed E-state index contributed by atoms with van der Waals surface area (Å²) in [6.45, 7) is 6.85. The van der Waals surface area contributed by atoms with Gasteiger partial charge in [0, 0.05) is 12.1 Å². The number of primary sulfonamides is 1. The maximum Gasteiger partial charge on any atom is 0.251 e. The van der Waals surface area contributed by atoms with Gasteiger partial charge >= 0.3 is 0 Å². The van der Waals surface area contributed by atoms with Crippen molar-refractivity contribution < 1.29 is 13.2 Å². The number of sulfonamides is 1. The van der Waals surface area contributed by atoms with Gasteiger partial charge in [0.25, 0.3) is 5.91 Å². The monoisotopic (exact) mass is 360 g/mol. The molecule has 0 fully saturated rings. The molecule has 25 heavy (non-hydrogen) atoms. The van der Waals surface area contributed by atoms with Crippen molar-refractivity contribution in [3.63, 3.8) is 0 Å². The van der Waals surface area contributed by atoms with Crippen molar-refractivity contribution in [1.82, 2.24) is 5.32 Å². The van der Waals surface area contributed by atoms with E-state index in [2.05, 4.69) is 26.1 Å². The summed E-state index contributed by atoms with van der Waals surface area (Å²) in [5.41, 5.74) is 2.78. The van der Waals surface area contributed by atoms with Crippen molar-refractivity contribution in [2.75, 3.05) is 6.54 Å². The van der Waals surface area contributed by atoms with E-state index >= 15 is 0 Å². The Hall–Kier alpha value is -2.18. The van der Waals surface area contributed by atoms with Gasteiger partial charge in [0.1, 0.15) is 0 Å². The predicted octanol–water partition coefficient (Wildman–Crippen LogP) is 2.60. The molecule has 5 nitrogen and oxygen atoms in total. The SMILES string of the molecule is CC(C)(C)c1ccc(C(=O)NCCc2ccc(S(N)(=O)=O)cc2)cc1. The topological polar surface area (TPSA) is 89.3 Å². The van der Waals surface area contributed by atoms with Crippen LogP contribution in [0.15, 0.2) is 53.4 Å². The van der Waals surface area contributed by atoms with Crippen LogP contribution < -0.4 is 10.5 Å². The summed E-state index contributed by atoms with van der Waals surface area (Å²) in [4.78, 5) is 12.3. The van der Waals surface area contributed by atoms with E-state index in [-0.39, 0.29) is 16.2 Å². The van der Waals surface area contributed by atoms with Gasteiger partial charge in [-0.15, -0.1) is 0 Å². The molecule has 1 amide bonds. The van der Waals surface area contributed by atoms with E-state index in [9.17, 15) is 13.2 Å². The Morgan fingerprint density at radius 1 is 1.00 bits per heavy atom. The van der Waals surface area contributed by atoms with E-state index in [1.807, 2.05) is 24.3 Å². The van der Waals surface area contributed by atoms with Crippen LogP contribution in [0.3, 0.4) is 0 Å². The first-order valence-electron chi connectivity index (χ1n) is 8.08. The first-order chi connectivity index (χ1) is 11.6. The van der Waals surface area contributed by atoms with Crippen LogP contribution in [0.5, 0.6) is 0 Å². The number of hydrogen-bond donors (Lipinski definition) is 2. The maximum absolute atomic E-state index is 12.2. The van der Waals surface area contributed by atoms with Gasteiger partial charge in [0.15, 0.2) is 0 Å². The van der Waals surface area contributed by atoms with Crippen molar-refractivity contribution in [2.45, 2.75) is 37.5 Å². The molecular weight excluding hydrogens is 336 g/mol. The average Bonchev–Trinajstić information content (AvgIpc) is 2.54. The summed E-state index contributed by atoms with van der Waals surface area (Å²) < 4.78 is 22.4. The molecule has 6 heteroatoms. The molecule has 2 aromatic rings. The minimum atomic E-state index is -3.67. The van der Waals surface area contributed by atoms with Crippen LogP contribution in [0.25, 0.3) is 0 Å². The Bertz CT molecular complexity index is 834. The first kappa shape index (κ1) is 19.1. The summed E-state index contributed by atoms with van der Waals surface area (Å²) in [6, 6.07) is 13.9. The van der Waals surface area contributed by atoms with E-state index in [0.29, 0.717) is 18.5 Å². The summed E-state index contributed by atoms with van der Waals surface area (Å²) in [6.07, 6.45) is 0.608. The second-order valence-electron chi connectivity index (χ2n) is 7.02. The zero-order valence-corrected chi connectivity index (χ0v) is 15.6. The van der Waals surface area contributed by atoms with E-state index in [1.165, 1.54) is 17.7 Å². The predicted molar refractivity (Wildman–Crippen MR) is 99.0 cm³/mol. The third kappa shape index (κ3) is 5.41. The molecule has 0 atom stereocenters. The summed E-state index contributed by atoms with van der Waals surface area (Å²) in [7, 11) is -3.67. The molecule has 0 aliphatic rings. The Morgan fingerprint density at radius 3 is 2.04 bits per heavy atom. The summed E-state index contributed by atoms with van der Waals surface area (Å²) in [5.74, 6) is -0.124. The standard InChI is InChI=1S/C19H24N2O3S/c1-19(2,3)16-8-6-15(7-9-16)18(22)21-13-12-14-4-10-17(11-5-14)25(20,23)24/h4-11H,12-13H2,1-3H3,(H,21,22)(H2,20,23,24). The number of carbonyl (C=O) groups is 1. The van der Waals surface area contributed by atoms with Crippen LogP contribution in [-0.2, 0) is 21.9 Å². The zero-order valence-electron chi connectivity index (χ0n) is 14.7. The van der Waals surface area contributed by atoms with Gasteiger partial charge in [-0.2, -0.15) is 0 Å². The lowest BCUT2D eigenvalue weighted by atomic mass is 9.87. The molecule has 0 unspecified atom stereocenters. The number of nitrogens with one attached hydrogen (secondary N) is 1. The van der Waals surface area contributed by atoms with Gasteiger partial charge in [-0.05, 0) is 47.2 Å². The molecule has 2 aromatic carbocycles. The second-order valence-corrected chi connectivity index (χ2v) is 8.58. The molecule has 0 spiro atoms.